The van der Waals surface area contributed by atoms with E-state index in [0.717, 1.165) is 34.8 Å². The first-order chi connectivity index (χ1) is 15.1. The zero-order valence-electron chi connectivity index (χ0n) is 18.3. The standard InChI is InChI=1S/C23H30N4O4/c1-27(2)21(28)16-26-23(24-14-17-8-10-19(29-3)11-9-17)25-15-18-6-4-7-20-22(18)31-13-5-12-30-20/h4,6-11H,5,12-16H2,1-3H3,(H2,24,25,26). The number of likely N-dealkylation sites (N-methyl/N-ethyl adjacent to an activating group) is 1. The van der Waals surface area contributed by atoms with Gasteiger partial charge in [0.05, 0.1) is 33.4 Å². The van der Waals surface area contributed by atoms with Crippen LogP contribution in [-0.2, 0) is 17.9 Å². The molecule has 1 aliphatic rings. The normalized spacial score (nSPS) is 13.2. The molecule has 1 heterocycles. The summed E-state index contributed by atoms with van der Waals surface area (Å²) in [5.74, 6) is 2.81. The lowest BCUT2D eigenvalue weighted by Gasteiger charge is -2.17. The molecular formula is C23H30N4O4. The van der Waals surface area contributed by atoms with Gasteiger partial charge >= 0.3 is 0 Å². The molecule has 166 valence electrons. The number of guanidine groups is 1. The first-order valence-corrected chi connectivity index (χ1v) is 10.3. The van der Waals surface area contributed by atoms with E-state index in [4.69, 9.17) is 14.2 Å². The smallest absolute Gasteiger partial charge is 0.241 e. The molecule has 8 nitrogen and oxygen atoms in total. The molecule has 0 radical (unpaired) electrons. The number of rotatable bonds is 7. The van der Waals surface area contributed by atoms with Crippen LogP contribution in [0, 0.1) is 0 Å². The topological polar surface area (TPSA) is 84.4 Å². The molecular weight excluding hydrogens is 396 g/mol. The van der Waals surface area contributed by atoms with E-state index in [-0.39, 0.29) is 12.5 Å². The van der Waals surface area contributed by atoms with Crippen LogP contribution in [0.15, 0.2) is 47.5 Å². The number of para-hydroxylation sites is 1. The number of fused-ring (bicyclic) bond motifs is 1. The van der Waals surface area contributed by atoms with E-state index in [2.05, 4.69) is 15.6 Å². The van der Waals surface area contributed by atoms with Crippen molar-refractivity contribution in [2.45, 2.75) is 19.5 Å². The molecule has 1 aliphatic heterocycles. The summed E-state index contributed by atoms with van der Waals surface area (Å²) in [5, 5.41) is 6.41. The van der Waals surface area contributed by atoms with Crippen LogP contribution < -0.4 is 24.8 Å². The summed E-state index contributed by atoms with van der Waals surface area (Å²) >= 11 is 0. The second-order valence-electron chi connectivity index (χ2n) is 7.30. The van der Waals surface area contributed by atoms with Crippen molar-refractivity contribution in [1.29, 1.82) is 0 Å². The minimum absolute atomic E-state index is 0.0377. The molecule has 0 saturated carbocycles. The number of benzene rings is 2. The molecule has 0 atom stereocenters. The maximum Gasteiger partial charge on any atom is 0.241 e. The number of ether oxygens (including phenoxy) is 3. The van der Waals surface area contributed by atoms with Crippen LogP contribution in [0.1, 0.15) is 17.5 Å². The van der Waals surface area contributed by atoms with Crippen molar-refractivity contribution >= 4 is 11.9 Å². The molecule has 0 fully saturated rings. The van der Waals surface area contributed by atoms with Crippen LogP contribution >= 0.6 is 0 Å². The van der Waals surface area contributed by atoms with Crippen molar-refractivity contribution in [2.24, 2.45) is 4.99 Å². The number of amides is 1. The summed E-state index contributed by atoms with van der Waals surface area (Å²) in [7, 11) is 5.09. The number of hydrogen-bond acceptors (Lipinski definition) is 5. The lowest BCUT2D eigenvalue weighted by molar-refractivity contribution is -0.127. The highest BCUT2D eigenvalue weighted by Crippen LogP contribution is 2.33. The molecule has 0 unspecified atom stereocenters. The third kappa shape index (κ3) is 6.53. The van der Waals surface area contributed by atoms with Gasteiger partial charge in [-0.1, -0.05) is 24.3 Å². The van der Waals surface area contributed by atoms with Gasteiger partial charge in [-0.2, -0.15) is 0 Å². The van der Waals surface area contributed by atoms with Crippen LogP contribution in [0.4, 0.5) is 0 Å². The lowest BCUT2D eigenvalue weighted by Crippen LogP contribution is -2.42. The van der Waals surface area contributed by atoms with Gasteiger partial charge in [-0.05, 0) is 23.8 Å². The second kappa shape index (κ2) is 11.1. The molecule has 2 N–H and O–H groups in total. The molecule has 0 bridgehead atoms. The van der Waals surface area contributed by atoms with Crippen molar-refractivity contribution in [3.8, 4) is 17.2 Å². The first-order valence-electron chi connectivity index (χ1n) is 10.3. The first kappa shape index (κ1) is 22.3. The highest BCUT2D eigenvalue weighted by atomic mass is 16.5. The molecule has 1 amide bonds. The van der Waals surface area contributed by atoms with Crippen LogP contribution in [0.2, 0.25) is 0 Å². The fraction of sp³-hybridized carbons (Fsp3) is 0.391. The molecule has 3 rings (SSSR count). The molecule has 0 spiro atoms. The predicted molar refractivity (Wildman–Crippen MR) is 120 cm³/mol. The zero-order valence-corrected chi connectivity index (χ0v) is 18.3. The molecule has 0 aromatic heterocycles. The molecule has 0 aliphatic carbocycles. The highest BCUT2D eigenvalue weighted by Gasteiger charge is 2.15. The summed E-state index contributed by atoms with van der Waals surface area (Å²) in [6.07, 6.45) is 0.852. The number of carbonyl (C=O) groups excluding carboxylic acids is 1. The number of hydrogen-bond donors (Lipinski definition) is 2. The summed E-state index contributed by atoms with van der Waals surface area (Å²) in [6, 6.07) is 13.6. The highest BCUT2D eigenvalue weighted by molar-refractivity contribution is 5.86. The fourth-order valence-electron chi connectivity index (χ4n) is 2.97. The maximum atomic E-state index is 12.0. The van der Waals surface area contributed by atoms with E-state index in [0.29, 0.717) is 32.3 Å². The summed E-state index contributed by atoms with van der Waals surface area (Å²) < 4.78 is 16.9. The van der Waals surface area contributed by atoms with E-state index < -0.39 is 0 Å². The largest absolute Gasteiger partial charge is 0.497 e. The Balaban J connectivity index is 1.70. The Labute approximate surface area is 183 Å². The maximum absolute atomic E-state index is 12.0. The van der Waals surface area contributed by atoms with Gasteiger partial charge in [0, 0.05) is 32.6 Å². The Bertz CT molecular complexity index is 897. The predicted octanol–water partition coefficient (Wildman–Crippen LogP) is 2.18. The number of methoxy groups -OCH3 is 1. The van der Waals surface area contributed by atoms with Gasteiger partial charge in [0.15, 0.2) is 17.5 Å². The van der Waals surface area contributed by atoms with E-state index in [1.54, 1.807) is 21.2 Å². The molecule has 2 aromatic carbocycles. The van der Waals surface area contributed by atoms with Crippen molar-refractivity contribution in [2.75, 3.05) is 41.0 Å². The second-order valence-corrected chi connectivity index (χ2v) is 7.30. The van der Waals surface area contributed by atoms with E-state index in [9.17, 15) is 4.79 Å². The van der Waals surface area contributed by atoms with Gasteiger partial charge < -0.3 is 29.7 Å². The van der Waals surface area contributed by atoms with Crippen LogP contribution in [-0.4, -0.2) is 57.7 Å². The number of nitrogens with zero attached hydrogens (tertiary/aromatic N) is 2. The van der Waals surface area contributed by atoms with Crippen molar-refractivity contribution < 1.29 is 19.0 Å². The third-order valence-corrected chi connectivity index (χ3v) is 4.78. The Hall–Kier alpha value is -3.42. The number of carbonyl (C=O) groups is 1. The van der Waals surface area contributed by atoms with Crippen molar-refractivity contribution in [3.05, 3.63) is 53.6 Å². The fourth-order valence-corrected chi connectivity index (χ4v) is 2.97. The van der Waals surface area contributed by atoms with Crippen LogP contribution in [0.3, 0.4) is 0 Å². The summed E-state index contributed by atoms with van der Waals surface area (Å²) in [5.41, 5.74) is 2.00. The Morgan fingerprint density at radius 1 is 1.10 bits per heavy atom. The number of aliphatic imine (C=N–C) groups is 1. The van der Waals surface area contributed by atoms with Gasteiger partial charge in [-0.25, -0.2) is 4.99 Å². The van der Waals surface area contributed by atoms with E-state index >= 15 is 0 Å². The summed E-state index contributed by atoms with van der Waals surface area (Å²) in [4.78, 5) is 18.2. The molecule has 8 heteroatoms. The van der Waals surface area contributed by atoms with Gasteiger partial charge in [-0.15, -0.1) is 0 Å². The van der Waals surface area contributed by atoms with Crippen molar-refractivity contribution in [3.63, 3.8) is 0 Å². The number of nitrogens with one attached hydrogen (secondary N) is 2. The van der Waals surface area contributed by atoms with Gasteiger partial charge in [0.2, 0.25) is 5.91 Å². The van der Waals surface area contributed by atoms with Crippen LogP contribution in [0.5, 0.6) is 17.2 Å². The lowest BCUT2D eigenvalue weighted by atomic mass is 10.2. The Kier molecular flexibility index (Phi) is 7.98. The quantitative estimate of drug-likeness (QED) is 0.522. The van der Waals surface area contributed by atoms with Crippen LogP contribution in [0.25, 0.3) is 0 Å². The monoisotopic (exact) mass is 426 g/mol. The Morgan fingerprint density at radius 3 is 2.61 bits per heavy atom. The SMILES string of the molecule is COc1ccc(CN=C(NCC(=O)N(C)C)NCc2cccc3c2OCCCO3)cc1. The van der Waals surface area contributed by atoms with Gasteiger partial charge in [0.25, 0.3) is 0 Å². The van der Waals surface area contributed by atoms with Crippen molar-refractivity contribution in [1.82, 2.24) is 15.5 Å². The third-order valence-electron chi connectivity index (χ3n) is 4.78. The van der Waals surface area contributed by atoms with E-state index in [1.165, 1.54) is 4.90 Å². The molecule has 2 aromatic rings. The molecule has 31 heavy (non-hydrogen) atoms. The summed E-state index contributed by atoms with van der Waals surface area (Å²) in [6.45, 7) is 2.36. The van der Waals surface area contributed by atoms with Gasteiger partial charge in [0.1, 0.15) is 5.75 Å². The average molecular weight is 427 g/mol. The minimum atomic E-state index is -0.0377. The van der Waals surface area contributed by atoms with Gasteiger partial charge in [-0.3, -0.25) is 4.79 Å². The zero-order chi connectivity index (χ0) is 22.1. The Morgan fingerprint density at radius 2 is 1.87 bits per heavy atom. The average Bonchev–Trinajstić information content (AvgIpc) is 3.04. The molecule has 0 saturated heterocycles. The minimum Gasteiger partial charge on any atom is -0.497 e. The van der Waals surface area contributed by atoms with E-state index in [1.807, 2.05) is 42.5 Å².